The normalized spacial score (nSPS) is 11.0. The third-order valence-corrected chi connectivity index (χ3v) is 3.79. The lowest BCUT2D eigenvalue weighted by molar-refractivity contribution is 0.199. The molecule has 0 atom stereocenters. The third kappa shape index (κ3) is 4.40. The topological polar surface area (TPSA) is 39.1 Å². The minimum Gasteiger partial charge on any atom is -0.383 e. The predicted octanol–water partition coefficient (Wildman–Crippen LogP) is 3.32. The fourth-order valence-electron chi connectivity index (χ4n) is 2.27. The average Bonchev–Trinajstić information content (AvgIpc) is 2.93. The van der Waals surface area contributed by atoms with E-state index in [4.69, 9.17) is 4.74 Å². The number of aromatic nitrogens is 2. The number of methoxy groups -OCH3 is 1. The highest BCUT2D eigenvalue weighted by atomic mass is 79.9. The molecule has 5 heteroatoms. The second-order valence-electron chi connectivity index (χ2n) is 4.91. The average molecular weight is 352 g/mol. The van der Waals surface area contributed by atoms with Gasteiger partial charge in [-0.25, -0.2) is 4.98 Å². The molecule has 21 heavy (non-hydrogen) atoms. The van der Waals surface area contributed by atoms with Gasteiger partial charge in [-0.3, -0.25) is 0 Å². The Morgan fingerprint density at radius 3 is 3.00 bits per heavy atom. The molecule has 114 valence electrons. The summed E-state index contributed by atoms with van der Waals surface area (Å²) in [5, 5.41) is 3.40. The predicted molar refractivity (Wildman–Crippen MR) is 88.8 cm³/mol. The summed E-state index contributed by atoms with van der Waals surface area (Å²) < 4.78 is 8.33. The molecular formula is C16H22BrN3O. The molecule has 4 nitrogen and oxygen atoms in total. The quantitative estimate of drug-likeness (QED) is 0.741. The highest BCUT2D eigenvalue weighted by Gasteiger charge is 2.09. The second-order valence-corrected chi connectivity index (χ2v) is 5.82. The van der Waals surface area contributed by atoms with Gasteiger partial charge in [-0.15, -0.1) is 0 Å². The first-order valence-corrected chi connectivity index (χ1v) is 8.06. The Balaban J connectivity index is 2.24. The summed E-state index contributed by atoms with van der Waals surface area (Å²) in [6, 6.07) is 6.37. The molecule has 0 aliphatic carbocycles. The van der Waals surface area contributed by atoms with Crippen LogP contribution in [0.5, 0.6) is 0 Å². The summed E-state index contributed by atoms with van der Waals surface area (Å²) in [4.78, 5) is 4.47. The van der Waals surface area contributed by atoms with E-state index in [2.05, 4.69) is 55.9 Å². The van der Waals surface area contributed by atoms with Crippen LogP contribution in [0.3, 0.4) is 0 Å². The van der Waals surface area contributed by atoms with E-state index >= 15 is 0 Å². The van der Waals surface area contributed by atoms with Crippen LogP contribution in [0, 0.1) is 0 Å². The number of benzene rings is 1. The molecule has 0 fully saturated rings. The van der Waals surface area contributed by atoms with Gasteiger partial charge < -0.3 is 14.6 Å². The Bertz CT molecular complexity index is 568. The van der Waals surface area contributed by atoms with Crippen LogP contribution in [0.25, 0.3) is 5.69 Å². The van der Waals surface area contributed by atoms with Crippen molar-refractivity contribution in [2.45, 2.75) is 26.3 Å². The first-order chi connectivity index (χ1) is 10.3. The SMILES string of the molecule is CCCc1nccn1-c1cc(Br)ccc1CNCCOC. The van der Waals surface area contributed by atoms with Gasteiger partial charge in [0.1, 0.15) is 5.82 Å². The Labute approximate surface area is 134 Å². The van der Waals surface area contributed by atoms with Crippen LogP contribution >= 0.6 is 15.9 Å². The van der Waals surface area contributed by atoms with Crippen LogP contribution in [0.2, 0.25) is 0 Å². The van der Waals surface area contributed by atoms with Crippen molar-refractivity contribution < 1.29 is 4.74 Å². The molecule has 0 saturated carbocycles. The van der Waals surface area contributed by atoms with Gasteiger partial charge in [0.25, 0.3) is 0 Å². The van der Waals surface area contributed by atoms with E-state index in [1.807, 2.05) is 12.4 Å². The van der Waals surface area contributed by atoms with Gasteiger partial charge in [-0.2, -0.15) is 0 Å². The Kier molecular flexibility index (Phi) is 6.42. The fraction of sp³-hybridized carbons (Fsp3) is 0.438. The van der Waals surface area contributed by atoms with Crippen LogP contribution in [-0.4, -0.2) is 29.8 Å². The lowest BCUT2D eigenvalue weighted by atomic mass is 10.1. The van der Waals surface area contributed by atoms with Crippen molar-refractivity contribution >= 4 is 15.9 Å². The van der Waals surface area contributed by atoms with Crippen molar-refractivity contribution in [3.05, 3.63) is 46.5 Å². The van der Waals surface area contributed by atoms with E-state index in [0.29, 0.717) is 0 Å². The number of hydrogen-bond acceptors (Lipinski definition) is 3. The van der Waals surface area contributed by atoms with Gasteiger partial charge in [-0.1, -0.05) is 28.9 Å². The summed E-state index contributed by atoms with van der Waals surface area (Å²) in [6.45, 7) is 4.55. The number of hydrogen-bond donors (Lipinski definition) is 1. The van der Waals surface area contributed by atoms with Crippen molar-refractivity contribution in [2.24, 2.45) is 0 Å². The summed E-state index contributed by atoms with van der Waals surface area (Å²) in [5.74, 6) is 1.11. The van der Waals surface area contributed by atoms with Gasteiger partial charge in [0.15, 0.2) is 0 Å². The molecule has 2 rings (SSSR count). The smallest absolute Gasteiger partial charge is 0.113 e. The lowest BCUT2D eigenvalue weighted by Crippen LogP contribution is -2.19. The molecule has 1 heterocycles. The van der Waals surface area contributed by atoms with Gasteiger partial charge in [0.05, 0.1) is 12.3 Å². The van der Waals surface area contributed by atoms with Crippen LogP contribution < -0.4 is 5.32 Å². The van der Waals surface area contributed by atoms with Crippen molar-refractivity contribution in [1.29, 1.82) is 0 Å². The summed E-state index contributed by atoms with van der Waals surface area (Å²) in [6.07, 6.45) is 5.97. The Morgan fingerprint density at radius 2 is 2.24 bits per heavy atom. The molecule has 0 radical (unpaired) electrons. The van der Waals surface area contributed by atoms with E-state index in [1.54, 1.807) is 7.11 Å². The van der Waals surface area contributed by atoms with Gasteiger partial charge >= 0.3 is 0 Å². The van der Waals surface area contributed by atoms with Gasteiger partial charge in [-0.05, 0) is 24.1 Å². The largest absolute Gasteiger partial charge is 0.383 e. The first kappa shape index (κ1) is 16.2. The zero-order valence-electron chi connectivity index (χ0n) is 12.6. The molecule has 0 bridgehead atoms. The van der Waals surface area contributed by atoms with Crippen LogP contribution in [0.15, 0.2) is 35.1 Å². The van der Waals surface area contributed by atoms with Crippen molar-refractivity contribution in [3.8, 4) is 5.69 Å². The molecule has 0 spiro atoms. The van der Waals surface area contributed by atoms with E-state index < -0.39 is 0 Å². The number of aryl methyl sites for hydroxylation is 1. The number of imidazole rings is 1. The molecule has 2 aromatic rings. The fourth-order valence-corrected chi connectivity index (χ4v) is 2.62. The standard InChI is InChI=1S/C16H22BrN3O/c1-3-4-16-19-7-9-20(16)15-11-14(17)6-5-13(15)12-18-8-10-21-2/h5-7,9,11,18H,3-4,8,10,12H2,1-2H3. The summed E-state index contributed by atoms with van der Waals surface area (Å²) in [7, 11) is 1.72. The van der Waals surface area contributed by atoms with Gasteiger partial charge in [0, 0.05) is 43.5 Å². The van der Waals surface area contributed by atoms with Crippen molar-refractivity contribution in [2.75, 3.05) is 20.3 Å². The Morgan fingerprint density at radius 1 is 1.38 bits per heavy atom. The zero-order chi connectivity index (χ0) is 15.1. The van der Waals surface area contributed by atoms with E-state index in [0.717, 1.165) is 42.8 Å². The molecule has 0 amide bonds. The summed E-state index contributed by atoms with van der Waals surface area (Å²) >= 11 is 3.56. The maximum atomic E-state index is 5.07. The minimum absolute atomic E-state index is 0.720. The van der Waals surface area contributed by atoms with Crippen LogP contribution in [0.1, 0.15) is 24.7 Å². The van der Waals surface area contributed by atoms with Crippen LogP contribution in [0.4, 0.5) is 0 Å². The molecule has 1 aromatic heterocycles. The lowest BCUT2D eigenvalue weighted by Gasteiger charge is -2.14. The maximum Gasteiger partial charge on any atom is 0.113 e. The van der Waals surface area contributed by atoms with Crippen molar-refractivity contribution in [3.63, 3.8) is 0 Å². The zero-order valence-corrected chi connectivity index (χ0v) is 14.2. The first-order valence-electron chi connectivity index (χ1n) is 7.27. The van der Waals surface area contributed by atoms with E-state index in [1.165, 1.54) is 11.3 Å². The monoisotopic (exact) mass is 351 g/mol. The Hall–Kier alpha value is -1.17. The minimum atomic E-state index is 0.720. The number of rotatable bonds is 8. The van der Waals surface area contributed by atoms with Gasteiger partial charge in [0.2, 0.25) is 0 Å². The molecule has 0 saturated heterocycles. The number of halogens is 1. The van der Waals surface area contributed by atoms with Crippen molar-refractivity contribution in [1.82, 2.24) is 14.9 Å². The molecule has 0 aliphatic rings. The molecule has 0 unspecified atom stereocenters. The second kappa shape index (κ2) is 8.32. The molecular weight excluding hydrogens is 330 g/mol. The third-order valence-electron chi connectivity index (χ3n) is 3.30. The highest BCUT2D eigenvalue weighted by Crippen LogP contribution is 2.22. The molecule has 0 aliphatic heterocycles. The highest BCUT2D eigenvalue weighted by molar-refractivity contribution is 9.10. The maximum absolute atomic E-state index is 5.07. The number of nitrogens with one attached hydrogen (secondary N) is 1. The van der Waals surface area contributed by atoms with E-state index in [9.17, 15) is 0 Å². The number of ether oxygens (including phenoxy) is 1. The molecule has 1 N–H and O–H groups in total. The number of nitrogens with zero attached hydrogens (tertiary/aromatic N) is 2. The van der Waals surface area contributed by atoms with Crippen LogP contribution in [-0.2, 0) is 17.7 Å². The molecule has 1 aromatic carbocycles. The van der Waals surface area contributed by atoms with E-state index in [-0.39, 0.29) is 0 Å². The summed E-state index contributed by atoms with van der Waals surface area (Å²) in [5.41, 5.74) is 2.43.